The number of fused-ring (bicyclic) bond motifs is 1. The summed E-state index contributed by atoms with van der Waals surface area (Å²) in [7, 11) is -3.45. The van der Waals surface area contributed by atoms with Crippen molar-refractivity contribution >= 4 is 20.6 Å². The zero-order valence-corrected chi connectivity index (χ0v) is 18.3. The number of halogens is 1. The molecule has 2 heterocycles. The van der Waals surface area contributed by atoms with Crippen LogP contribution in [0.5, 0.6) is 5.75 Å². The highest BCUT2D eigenvalue weighted by Gasteiger charge is 2.22. The lowest BCUT2D eigenvalue weighted by Crippen LogP contribution is -2.37. The van der Waals surface area contributed by atoms with E-state index in [2.05, 4.69) is 9.88 Å². The average Bonchev–Trinajstić information content (AvgIpc) is 2.70. The third-order valence-corrected chi connectivity index (χ3v) is 6.75. The molecule has 0 atom stereocenters. The number of likely N-dealkylation sites (tertiary alicyclic amines) is 1. The largest absolute Gasteiger partial charge is 0.490 e. The molecule has 4 rings (SSSR count). The van der Waals surface area contributed by atoms with Crippen molar-refractivity contribution in [3.8, 4) is 5.75 Å². The number of aromatic amines is 1. The van der Waals surface area contributed by atoms with Gasteiger partial charge in [-0.15, -0.1) is 0 Å². The summed E-state index contributed by atoms with van der Waals surface area (Å²) in [5.74, 6) is 0.237. The zero-order chi connectivity index (χ0) is 22.2. The molecule has 3 aromatic rings. The van der Waals surface area contributed by atoms with Crippen LogP contribution < -0.4 is 10.3 Å². The van der Waals surface area contributed by atoms with Gasteiger partial charge < -0.3 is 9.72 Å². The first-order valence-corrected chi connectivity index (χ1v) is 12.1. The second kappa shape index (κ2) is 8.43. The first kappa shape index (κ1) is 21.5. The number of aromatic nitrogens is 1. The van der Waals surface area contributed by atoms with E-state index >= 15 is 0 Å². The first-order valence-electron chi connectivity index (χ1n) is 10.2. The van der Waals surface area contributed by atoms with E-state index in [1.54, 1.807) is 12.3 Å². The Morgan fingerprint density at radius 1 is 1.16 bits per heavy atom. The van der Waals surface area contributed by atoms with E-state index in [1.165, 1.54) is 6.07 Å². The predicted molar refractivity (Wildman–Crippen MR) is 118 cm³/mol. The second-order valence-electron chi connectivity index (χ2n) is 8.17. The van der Waals surface area contributed by atoms with Crippen molar-refractivity contribution in [3.05, 3.63) is 69.9 Å². The van der Waals surface area contributed by atoms with Crippen LogP contribution in [0, 0.1) is 12.7 Å². The fourth-order valence-electron chi connectivity index (χ4n) is 4.00. The number of hydrogen-bond donors (Lipinski definition) is 1. The molecule has 0 bridgehead atoms. The lowest BCUT2D eigenvalue weighted by molar-refractivity contribution is 0.0963. The first-order chi connectivity index (χ1) is 14.7. The Hall–Kier alpha value is -2.71. The van der Waals surface area contributed by atoms with E-state index in [0.717, 1.165) is 55.0 Å². The van der Waals surface area contributed by atoms with E-state index in [4.69, 9.17) is 4.74 Å². The van der Waals surface area contributed by atoms with Gasteiger partial charge in [-0.2, -0.15) is 0 Å². The summed E-state index contributed by atoms with van der Waals surface area (Å²) in [5.41, 5.74) is 1.45. The van der Waals surface area contributed by atoms with Gasteiger partial charge in [0, 0.05) is 37.5 Å². The summed E-state index contributed by atoms with van der Waals surface area (Å²) in [6, 6.07) is 9.60. The third-order valence-electron chi connectivity index (χ3n) is 5.66. The fourth-order valence-corrected chi connectivity index (χ4v) is 4.69. The van der Waals surface area contributed by atoms with Gasteiger partial charge in [0.15, 0.2) is 9.84 Å². The van der Waals surface area contributed by atoms with Gasteiger partial charge in [-0.25, -0.2) is 12.8 Å². The smallest absolute Gasteiger partial charge is 0.255 e. The van der Waals surface area contributed by atoms with Crippen molar-refractivity contribution in [2.45, 2.75) is 37.3 Å². The number of piperidine rings is 1. The maximum Gasteiger partial charge on any atom is 0.255 e. The van der Waals surface area contributed by atoms with Crippen LogP contribution in [0.25, 0.3) is 10.8 Å². The molecule has 6 nitrogen and oxygen atoms in total. The van der Waals surface area contributed by atoms with Crippen molar-refractivity contribution < 1.29 is 17.5 Å². The Labute approximate surface area is 180 Å². The third kappa shape index (κ3) is 4.97. The highest BCUT2D eigenvalue weighted by Crippen LogP contribution is 2.27. The van der Waals surface area contributed by atoms with E-state index < -0.39 is 15.7 Å². The Bertz CT molecular complexity index is 1280. The number of nitrogens with one attached hydrogen (secondary N) is 1. The lowest BCUT2D eigenvalue weighted by Gasteiger charge is -2.32. The number of benzene rings is 2. The summed E-state index contributed by atoms with van der Waals surface area (Å²) in [6.07, 6.45) is 4.37. The topological polar surface area (TPSA) is 79.5 Å². The number of aryl methyl sites for hydroxylation is 1. The molecule has 164 valence electrons. The number of H-pyrrole nitrogens is 1. The van der Waals surface area contributed by atoms with Gasteiger partial charge in [0.05, 0.1) is 4.90 Å². The standard InChI is InChI=1S/C23H25FN2O4S/c1-15-9-21-17(3-6-25-23(21)27)12-22(15)30-19-4-7-26(8-5-19)14-16-10-18(24)13-20(11-16)31(2,28)29/h3,6,9-13,19H,4-5,7-8,14H2,1-2H3,(H,25,27). The van der Waals surface area contributed by atoms with E-state index in [1.807, 2.05) is 25.1 Å². The molecule has 1 aromatic heterocycles. The minimum Gasteiger partial charge on any atom is -0.490 e. The maximum absolute atomic E-state index is 13.9. The molecular formula is C23H25FN2O4S. The lowest BCUT2D eigenvalue weighted by atomic mass is 10.1. The minimum absolute atomic E-state index is 0.00587. The number of nitrogens with zero attached hydrogens (tertiary/aromatic N) is 1. The SMILES string of the molecule is Cc1cc2c(=O)[nH]ccc2cc1OC1CCN(Cc2cc(F)cc(S(C)(=O)=O)c2)CC1. The Morgan fingerprint density at radius 2 is 1.90 bits per heavy atom. The predicted octanol–water partition coefficient (Wildman–Crippen LogP) is 3.42. The van der Waals surface area contributed by atoms with Gasteiger partial charge in [0.2, 0.25) is 0 Å². The number of hydrogen-bond acceptors (Lipinski definition) is 5. The minimum atomic E-state index is -3.45. The molecule has 0 amide bonds. The van der Waals surface area contributed by atoms with Crippen molar-refractivity contribution in [2.75, 3.05) is 19.3 Å². The van der Waals surface area contributed by atoms with Gasteiger partial charge in [0.25, 0.3) is 5.56 Å². The van der Waals surface area contributed by atoms with E-state index in [-0.39, 0.29) is 16.6 Å². The fraction of sp³-hybridized carbons (Fsp3) is 0.348. The van der Waals surface area contributed by atoms with Crippen LogP contribution in [0.3, 0.4) is 0 Å². The van der Waals surface area contributed by atoms with Crippen molar-refractivity contribution in [1.82, 2.24) is 9.88 Å². The molecule has 0 radical (unpaired) electrons. The van der Waals surface area contributed by atoms with Crippen LogP contribution in [-0.2, 0) is 16.4 Å². The van der Waals surface area contributed by atoms with E-state index in [9.17, 15) is 17.6 Å². The van der Waals surface area contributed by atoms with Crippen LogP contribution in [0.4, 0.5) is 4.39 Å². The molecule has 0 unspecified atom stereocenters. The highest BCUT2D eigenvalue weighted by molar-refractivity contribution is 7.90. The van der Waals surface area contributed by atoms with Gasteiger partial charge in [0.1, 0.15) is 17.7 Å². The van der Waals surface area contributed by atoms with Crippen LogP contribution in [0.15, 0.2) is 52.3 Å². The molecule has 0 saturated carbocycles. The van der Waals surface area contributed by atoms with Crippen molar-refractivity contribution in [1.29, 1.82) is 0 Å². The summed E-state index contributed by atoms with van der Waals surface area (Å²) < 4.78 is 43.6. The zero-order valence-electron chi connectivity index (χ0n) is 17.5. The number of rotatable bonds is 5. The van der Waals surface area contributed by atoms with Crippen LogP contribution >= 0.6 is 0 Å². The quantitative estimate of drug-likeness (QED) is 0.652. The summed E-state index contributed by atoms with van der Waals surface area (Å²) >= 11 is 0. The Morgan fingerprint density at radius 3 is 2.61 bits per heavy atom. The molecular weight excluding hydrogens is 419 g/mol. The molecule has 2 aromatic carbocycles. The molecule has 1 saturated heterocycles. The van der Waals surface area contributed by atoms with Gasteiger partial charge >= 0.3 is 0 Å². The van der Waals surface area contributed by atoms with Gasteiger partial charge in [-0.3, -0.25) is 9.69 Å². The molecule has 31 heavy (non-hydrogen) atoms. The molecule has 1 N–H and O–H groups in total. The van der Waals surface area contributed by atoms with Crippen LogP contribution in [0.2, 0.25) is 0 Å². The molecule has 0 spiro atoms. The second-order valence-corrected chi connectivity index (χ2v) is 10.2. The Kier molecular flexibility index (Phi) is 5.85. The highest BCUT2D eigenvalue weighted by atomic mass is 32.2. The molecule has 1 aliphatic rings. The molecule has 1 fully saturated rings. The number of sulfone groups is 1. The summed E-state index contributed by atoms with van der Waals surface area (Å²) in [4.78, 5) is 16.8. The average molecular weight is 445 g/mol. The molecule has 1 aliphatic heterocycles. The van der Waals surface area contributed by atoms with Gasteiger partial charge in [-0.05, 0) is 72.7 Å². The Balaban J connectivity index is 1.41. The maximum atomic E-state index is 13.9. The summed E-state index contributed by atoms with van der Waals surface area (Å²) in [5, 5.41) is 1.49. The van der Waals surface area contributed by atoms with E-state index in [0.29, 0.717) is 17.5 Å². The van der Waals surface area contributed by atoms with Gasteiger partial charge in [-0.1, -0.05) is 0 Å². The molecule has 8 heteroatoms. The molecule has 0 aliphatic carbocycles. The monoisotopic (exact) mass is 444 g/mol. The normalized spacial score (nSPS) is 16.0. The van der Waals surface area contributed by atoms with Crippen LogP contribution in [0.1, 0.15) is 24.0 Å². The van der Waals surface area contributed by atoms with Crippen molar-refractivity contribution in [2.24, 2.45) is 0 Å². The number of pyridine rings is 1. The number of ether oxygens (including phenoxy) is 1. The van der Waals surface area contributed by atoms with Crippen molar-refractivity contribution in [3.63, 3.8) is 0 Å². The van der Waals surface area contributed by atoms with Crippen LogP contribution in [-0.4, -0.2) is 43.8 Å². The summed E-state index contributed by atoms with van der Waals surface area (Å²) in [6.45, 7) is 3.95.